The maximum absolute atomic E-state index is 8.79. The van der Waals surface area contributed by atoms with E-state index in [1.807, 2.05) is 0 Å². The highest BCUT2D eigenvalue weighted by Crippen LogP contribution is 2.00. The van der Waals surface area contributed by atoms with Gasteiger partial charge in [-0.15, -0.1) is 0 Å². The molecule has 0 radical (unpaired) electrons. The van der Waals surface area contributed by atoms with Crippen LogP contribution in [0.15, 0.2) is 12.3 Å². The number of allylic oxidation sites excluding steroid dienone is 1. The third-order valence-corrected chi connectivity index (χ3v) is 1.46. The van der Waals surface area contributed by atoms with E-state index in [4.69, 9.17) is 15.3 Å². The Kier molecular flexibility index (Phi) is 4.85. The van der Waals surface area contributed by atoms with E-state index in [9.17, 15) is 0 Å². The molecule has 0 aliphatic rings. The summed E-state index contributed by atoms with van der Waals surface area (Å²) in [5.74, 6) is 0. The van der Waals surface area contributed by atoms with Gasteiger partial charge in [-0.3, -0.25) is 0 Å². The zero-order valence-corrected chi connectivity index (χ0v) is 6.62. The minimum Gasteiger partial charge on any atom is -0.394 e. The summed E-state index contributed by atoms with van der Waals surface area (Å²) in [4.78, 5) is 0. The lowest BCUT2D eigenvalue weighted by molar-refractivity contribution is 0.0519. The summed E-state index contributed by atoms with van der Waals surface area (Å²) in [6.45, 7) is 0.892. The SMILES string of the molecule is CC=CNC(CO)(CO)CO. The standard InChI is InChI=1S/C7H15NO3/c1-2-3-8-7(4-9,5-10)6-11/h2-3,8-11H,4-6H2,1H3. The van der Waals surface area contributed by atoms with Crippen molar-refractivity contribution >= 4 is 0 Å². The Hall–Kier alpha value is -0.580. The molecule has 0 bridgehead atoms. The predicted octanol–water partition coefficient (Wildman–Crippen LogP) is -1.17. The summed E-state index contributed by atoms with van der Waals surface area (Å²) < 4.78 is 0. The number of aliphatic hydroxyl groups is 3. The van der Waals surface area contributed by atoms with Crippen molar-refractivity contribution in [2.75, 3.05) is 19.8 Å². The van der Waals surface area contributed by atoms with Crippen molar-refractivity contribution in [3.8, 4) is 0 Å². The lowest BCUT2D eigenvalue weighted by Crippen LogP contribution is -2.52. The fraction of sp³-hybridized carbons (Fsp3) is 0.714. The van der Waals surface area contributed by atoms with Crippen LogP contribution in [0.2, 0.25) is 0 Å². The van der Waals surface area contributed by atoms with E-state index in [1.165, 1.54) is 0 Å². The van der Waals surface area contributed by atoms with Gasteiger partial charge in [0.05, 0.1) is 19.8 Å². The van der Waals surface area contributed by atoms with Crippen LogP contribution in [0.25, 0.3) is 0 Å². The lowest BCUT2D eigenvalue weighted by atomic mass is 10.0. The number of hydrogen-bond acceptors (Lipinski definition) is 4. The first-order valence-corrected chi connectivity index (χ1v) is 3.46. The summed E-state index contributed by atoms with van der Waals surface area (Å²) in [6, 6.07) is 0. The molecular weight excluding hydrogens is 146 g/mol. The van der Waals surface area contributed by atoms with Gasteiger partial charge in [-0.25, -0.2) is 0 Å². The van der Waals surface area contributed by atoms with Gasteiger partial charge in [-0.05, 0) is 13.1 Å². The Bertz CT molecular complexity index is 113. The zero-order valence-electron chi connectivity index (χ0n) is 6.62. The topological polar surface area (TPSA) is 72.7 Å². The molecule has 0 fully saturated rings. The van der Waals surface area contributed by atoms with Crippen molar-refractivity contribution in [2.24, 2.45) is 0 Å². The number of aliphatic hydroxyl groups excluding tert-OH is 3. The van der Waals surface area contributed by atoms with Crippen LogP contribution in [0.5, 0.6) is 0 Å². The Morgan fingerprint density at radius 2 is 1.64 bits per heavy atom. The second-order valence-corrected chi connectivity index (χ2v) is 2.40. The van der Waals surface area contributed by atoms with E-state index < -0.39 is 5.54 Å². The van der Waals surface area contributed by atoms with Crippen molar-refractivity contribution in [3.05, 3.63) is 12.3 Å². The minimum absolute atomic E-state index is 0.301. The molecule has 0 atom stereocenters. The van der Waals surface area contributed by atoms with Crippen LogP contribution in [0, 0.1) is 0 Å². The number of hydrogen-bond donors (Lipinski definition) is 4. The predicted molar refractivity (Wildman–Crippen MR) is 41.9 cm³/mol. The Labute approximate surface area is 66.2 Å². The van der Waals surface area contributed by atoms with Gasteiger partial charge in [-0.1, -0.05) is 6.08 Å². The molecular formula is C7H15NO3. The fourth-order valence-electron chi connectivity index (χ4n) is 0.547. The van der Waals surface area contributed by atoms with Crippen LogP contribution in [0.1, 0.15) is 6.92 Å². The number of nitrogens with one attached hydrogen (secondary N) is 1. The molecule has 0 aliphatic carbocycles. The van der Waals surface area contributed by atoms with E-state index in [0.717, 1.165) is 0 Å². The first-order chi connectivity index (χ1) is 5.24. The summed E-state index contributed by atoms with van der Waals surface area (Å²) >= 11 is 0. The molecule has 0 aromatic heterocycles. The highest BCUT2D eigenvalue weighted by atomic mass is 16.3. The van der Waals surface area contributed by atoms with E-state index in [-0.39, 0.29) is 19.8 Å². The molecule has 0 aliphatic heterocycles. The van der Waals surface area contributed by atoms with Crippen LogP contribution in [-0.4, -0.2) is 40.7 Å². The molecule has 0 saturated heterocycles. The first kappa shape index (κ1) is 10.4. The molecule has 0 spiro atoms. The Morgan fingerprint density at radius 1 is 1.18 bits per heavy atom. The molecule has 4 nitrogen and oxygen atoms in total. The molecule has 66 valence electrons. The molecule has 0 aromatic carbocycles. The normalized spacial score (nSPS) is 12.4. The highest BCUT2D eigenvalue weighted by Gasteiger charge is 2.25. The third kappa shape index (κ3) is 2.88. The highest BCUT2D eigenvalue weighted by molar-refractivity contribution is 4.92. The van der Waals surface area contributed by atoms with Crippen LogP contribution < -0.4 is 5.32 Å². The van der Waals surface area contributed by atoms with E-state index in [0.29, 0.717) is 0 Å². The first-order valence-electron chi connectivity index (χ1n) is 3.46. The van der Waals surface area contributed by atoms with E-state index in [2.05, 4.69) is 5.32 Å². The van der Waals surface area contributed by atoms with E-state index >= 15 is 0 Å². The molecule has 0 heterocycles. The van der Waals surface area contributed by atoms with Gasteiger partial charge < -0.3 is 20.6 Å². The van der Waals surface area contributed by atoms with Gasteiger partial charge in [0.2, 0.25) is 0 Å². The monoisotopic (exact) mass is 161 g/mol. The van der Waals surface area contributed by atoms with Gasteiger partial charge in [0.15, 0.2) is 0 Å². The third-order valence-electron chi connectivity index (χ3n) is 1.46. The van der Waals surface area contributed by atoms with Crippen LogP contribution in [0.3, 0.4) is 0 Å². The Morgan fingerprint density at radius 3 is 1.91 bits per heavy atom. The molecule has 0 saturated carbocycles. The van der Waals surface area contributed by atoms with Gasteiger partial charge in [0.25, 0.3) is 0 Å². The average Bonchev–Trinajstić information content (AvgIpc) is 2.08. The number of rotatable bonds is 5. The molecule has 0 aromatic rings. The maximum atomic E-state index is 8.79. The van der Waals surface area contributed by atoms with Crippen LogP contribution in [0.4, 0.5) is 0 Å². The molecule has 0 amide bonds. The maximum Gasteiger partial charge on any atom is 0.106 e. The summed E-state index contributed by atoms with van der Waals surface area (Å²) in [5.41, 5.74) is -0.994. The summed E-state index contributed by atoms with van der Waals surface area (Å²) in [6.07, 6.45) is 3.29. The molecule has 0 unspecified atom stereocenters. The molecule has 0 rings (SSSR count). The van der Waals surface area contributed by atoms with Gasteiger partial charge in [0.1, 0.15) is 5.54 Å². The van der Waals surface area contributed by atoms with Crippen LogP contribution >= 0.6 is 0 Å². The minimum atomic E-state index is -0.994. The summed E-state index contributed by atoms with van der Waals surface area (Å²) in [5, 5.41) is 29.1. The fourth-order valence-corrected chi connectivity index (χ4v) is 0.547. The average molecular weight is 161 g/mol. The van der Waals surface area contributed by atoms with Crippen molar-refractivity contribution < 1.29 is 15.3 Å². The molecule has 4 heteroatoms. The smallest absolute Gasteiger partial charge is 0.106 e. The Balaban J connectivity index is 4.04. The quantitative estimate of drug-likeness (QED) is 0.410. The van der Waals surface area contributed by atoms with Gasteiger partial charge in [0, 0.05) is 0 Å². The second-order valence-electron chi connectivity index (χ2n) is 2.40. The second kappa shape index (κ2) is 5.12. The van der Waals surface area contributed by atoms with Crippen molar-refractivity contribution in [1.29, 1.82) is 0 Å². The summed E-state index contributed by atoms with van der Waals surface area (Å²) in [7, 11) is 0. The molecule has 4 N–H and O–H groups in total. The zero-order chi connectivity index (χ0) is 8.74. The van der Waals surface area contributed by atoms with Crippen molar-refractivity contribution in [2.45, 2.75) is 12.5 Å². The largest absolute Gasteiger partial charge is 0.394 e. The molecule has 11 heavy (non-hydrogen) atoms. The van der Waals surface area contributed by atoms with E-state index in [1.54, 1.807) is 19.2 Å². The lowest BCUT2D eigenvalue weighted by Gasteiger charge is -2.27. The van der Waals surface area contributed by atoms with Crippen molar-refractivity contribution in [1.82, 2.24) is 5.32 Å². The van der Waals surface area contributed by atoms with Crippen LogP contribution in [-0.2, 0) is 0 Å². The van der Waals surface area contributed by atoms with Gasteiger partial charge in [-0.2, -0.15) is 0 Å². The van der Waals surface area contributed by atoms with Gasteiger partial charge >= 0.3 is 0 Å². The van der Waals surface area contributed by atoms with Crippen molar-refractivity contribution in [3.63, 3.8) is 0 Å².